The lowest BCUT2D eigenvalue weighted by atomic mass is 10.0. The first-order valence-electron chi connectivity index (χ1n) is 4.46. The second-order valence-corrected chi connectivity index (χ2v) is 3.19. The van der Waals surface area contributed by atoms with Crippen molar-refractivity contribution in [2.24, 2.45) is 5.73 Å². The quantitative estimate of drug-likeness (QED) is 0.817. The first-order chi connectivity index (χ1) is 7.47. The van der Waals surface area contributed by atoms with E-state index >= 15 is 0 Å². The molecule has 0 saturated heterocycles. The number of nitrogens with two attached hydrogens (primary N) is 1. The van der Waals surface area contributed by atoms with Gasteiger partial charge in [-0.1, -0.05) is 6.07 Å². The van der Waals surface area contributed by atoms with Crippen molar-refractivity contribution in [3.63, 3.8) is 0 Å². The highest BCUT2D eigenvalue weighted by Crippen LogP contribution is 2.29. The van der Waals surface area contributed by atoms with Crippen LogP contribution in [0.25, 0.3) is 0 Å². The van der Waals surface area contributed by atoms with Gasteiger partial charge in [0.1, 0.15) is 0 Å². The van der Waals surface area contributed by atoms with Crippen LogP contribution < -0.4 is 5.73 Å². The van der Waals surface area contributed by atoms with Crippen LogP contribution in [0, 0.1) is 11.6 Å². The Labute approximate surface area is 103 Å². The summed E-state index contributed by atoms with van der Waals surface area (Å²) in [6, 6.07) is 1.02. The van der Waals surface area contributed by atoms with E-state index in [1.54, 1.807) is 0 Å². The number of halogens is 3. The Balaban J connectivity index is 0.00000256. The zero-order chi connectivity index (χ0) is 12.3. The van der Waals surface area contributed by atoms with Crippen LogP contribution in [0.15, 0.2) is 12.1 Å². The molecular formula is C10H12ClF2NO3. The molecule has 0 radical (unpaired) electrons. The number of methoxy groups -OCH3 is 1. The number of hydrogen-bond donors (Lipinski definition) is 2. The van der Waals surface area contributed by atoms with E-state index in [2.05, 4.69) is 4.74 Å². The Bertz CT molecular complexity index is 415. The van der Waals surface area contributed by atoms with Crippen LogP contribution in [0.3, 0.4) is 0 Å². The van der Waals surface area contributed by atoms with Crippen molar-refractivity contribution in [2.75, 3.05) is 7.11 Å². The van der Waals surface area contributed by atoms with Gasteiger partial charge in [0.15, 0.2) is 11.6 Å². The summed E-state index contributed by atoms with van der Waals surface area (Å²) in [5.74, 6) is -4.03. The number of phenolic OH excluding ortho intramolecular Hbond substituents is 1. The molecule has 4 nitrogen and oxygen atoms in total. The molecule has 1 aromatic carbocycles. The standard InChI is InChI=1S/C10H11F2NO3.ClH/c1-16-8(14)4-7(13)5-2-3-6(11)9(12)10(5)15;/h2-3,7,15H,4,13H2,1H3;1H/t7-;/m0./s1. The summed E-state index contributed by atoms with van der Waals surface area (Å²) in [7, 11) is 1.18. The summed E-state index contributed by atoms with van der Waals surface area (Å²) in [6.07, 6.45) is -0.227. The topological polar surface area (TPSA) is 72.5 Å². The Morgan fingerprint density at radius 2 is 2.12 bits per heavy atom. The van der Waals surface area contributed by atoms with Gasteiger partial charge in [0, 0.05) is 11.6 Å². The van der Waals surface area contributed by atoms with E-state index in [-0.39, 0.29) is 24.4 Å². The molecule has 0 saturated carbocycles. The largest absolute Gasteiger partial charge is 0.505 e. The van der Waals surface area contributed by atoms with Gasteiger partial charge in [-0.25, -0.2) is 4.39 Å². The lowest BCUT2D eigenvalue weighted by Crippen LogP contribution is -2.16. The maximum absolute atomic E-state index is 13.0. The van der Waals surface area contributed by atoms with Gasteiger partial charge in [-0.2, -0.15) is 4.39 Å². The molecule has 0 spiro atoms. The summed E-state index contributed by atoms with van der Waals surface area (Å²) in [5, 5.41) is 9.29. The predicted molar refractivity (Wildman–Crippen MR) is 58.8 cm³/mol. The number of carbonyl (C=O) groups is 1. The van der Waals surface area contributed by atoms with Crippen LogP contribution in [0.5, 0.6) is 5.75 Å². The van der Waals surface area contributed by atoms with Gasteiger partial charge in [0.25, 0.3) is 0 Å². The molecule has 3 N–H and O–H groups in total. The lowest BCUT2D eigenvalue weighted by Gasteiger charge is -2.12. The minimum absolute atomic E-state index is 0. The number of benzene rings is 1. The number of hydrogen-bond acceptors (Lipinski definition) is 4. The van der Waals surface area contributed by atoms with Crippen LogP contribution >= 0.6 is 12.4 Å². The molecule has 0 aliphatic heterocycles. The maximum Gasteiger partial charge on any atom is 0.307 e. The van der Waals surface area contributed by atoms with Crippen molar-refractivity contribution in [2.45, 2.75) is 12.5 Å². The van der Waals surface area contributed by atoms with Crippen LogP contribution in [-0.4, -0.2) is 18.2 Å². The van der Waals surface area contributed by atoms with Gasteiger partial charge < -0.3 is 15.6 Å². The smallest absolute Gasteiger partial charge is 0.307 e. The molecule has 96 valence electrons. The molecule has 0 unspecified atom stereocenters. The molecule has 0 aliphatic carbocycles. The van der Waals surface area contributed by atoms with E-state index in [1.165, 1.54) is 7.11 Å². The van der Waals surface area contributed by atoms with Gasteiger partial charge in [-0.05, 0) is 6.07 Å². The second kappa shape index (κ2) is 6.36. The summed E-state index contributed by atoms with van der Waals surface area (Å²) in [4.78, 5) is 10.9. The van der Waals surface area contributed by atoms with E-state index in [9.17, 15) is 18.7 Å². The Morgan fingerprint density at radius 3 is 2.65 bits per heavy atom. The molecular weight excluding hydrogens is 256 g/mol. The summed E-state index contributed by atoms with van der Waals surface area (Å²) in [5.41, 5.74) is 5.50. The van der Waals surface area contributed by atoms with E-state index in [4.69, 9.17) is 5.73 Å². The third-order valence-electron chi connectivity index (χ3n) is 2.11. The Kier molecular flexibility index (Phi) is 5.84. The highest BCUT2D eigenvalue weighted by molar-refractivity contribution is 5.85. The number of aromatic hydroxyl groups is 1. The van der Waals surface area contributed by atoms with E-state index < -0.39 is 29.4 Å². The molecule has 0 amide bonds. The van der Waals surface area contributed by atoms with E-state index in [0.29, 0.717) is 0 Å². The highest BCUT2D eigenvalue weighted by Gasteiger charge is 2.19. The van der Waals surface area contributed by atoms with Gasteiger partial charge in [0.05, 0.1) is 13.5 Å². The normalized spacial score (nSPS) is 11.5. The molecule has 0 heterocycles. The van der Waals surface area contributed by atoms with E-state index in [0.717, 1.165) is 12.1 Å². The molecule has 1 aromatic rings. The van der Waals surface area contributed by atoms with E-state index in [1.807, 2.05) is 0 Å². The molecule has 0 aromatic heterocycles. The number of esters is 1. The fraction of sp³-hybridized carbons (Fsp3) is 0.300. The molecule has 1 rings (SSSR count). The SMILES string of the molecule is COC(=O)C[C@H](N)c1ccc(F)c(F)c1O.Cl. The molecule has 0 fully saturated rings. The van der Waals surface area contributed by atoms with Crippen molar-refractivity contribution >= 4 is 18.4 Å². The van der Waals surface area contributed by atoms with Crippen molar-refractivity contribution in [1.29, 1.82) is 0 Å². The average molecular weight is 268 g/mol. The zero-order valence-corrected chi connectivity index (χ0v) is 9.76. The predicted octanol–water partition coefficient (Wildman–Crippen LogP) is 1.66. The number of carbonyl (C=O) groups excluding carboxylic acids is 1. The third kappa shape index (κ3) is 3.54. The zero-order valence-electron chi connectivity index (χ0n) is 8.94. The van der Waals surface area contributed by atoms with Gasteiger partial charge in [-0.3, -0.25) is 4.79 Å². The Hall–Kier alpha value is -1.40. The summed E-state index contributed by atoms with van der Waals surface area (Å²) < 4.78 is 30.0. The molecule has 17 heavy (non-hydrogen) atoms. The first-order valence-corrected chi connectivity index (χ1v) is 4.46. The van der Waals surface area contributed by atoms with Crippen LogP contribution in [0.2, 0.25) is 0 Å². The minimum Gasteiger partial charge on any atom is -0.505 e. The fourth-order valence-electron chi connectivity index (χ4n) is 1.23. The van der Waals surface area contributed by atoms with Crippen molar-refractivity contribution in [1.82, 2.24) is 0 Å². The average Bonchev–Trinajstić information content (AvgIpc) is 2.25. The van der Waals surface area contributed by atoms with Crippen molar-refractivity contribution in [3.05, 3.63) is 29.3 Å². The molecule has 1 atom stereocenters. The van der Waals surface area contributed by atoms with Crippen molar-refractivity contribution in [3.8, 4) is 5.75 Å². The van der Waals surface area contributed by atoms with Crippen molar-refractivity contribution < 1.29 is 23.4 Å². The van der Waals surface area contributed by atoms with Crippen LogP contribution in [0.1, 0.15) is 18.0 Å². The van der Waals surface area contributed by atoms with Gasteiger partial charge in [0.2, 0.25) is 5.82 Å². The minimum atomic E-state index is -1.38. The maximum atomic E-state index is 13.0. The van der Waals surface area contributed by atoms with Gasteiger partial charge in [-0.15, -0.1) is 12.4 Å². The van der Waals surface area contributed by atoms with Gasteiger partial charge >= 0.3 is 5.97 Å². The number of phenols is 1. The first kappa shape index (κ1) is 15.6. The monoisotopic (exact) mass is 267 g/mol. The van der Waals surface area contributed by atoms with Crippen LogP contribution in [0.4, 0.5) is 8.78 Å². The van der Waals surface area contributed by atoms with Crippen LogP contribution in [-0.2, 0) is 9.53 Å². The Morgan fingerprint density at radius 1 is 1.53 bits per heavy atom. The number of ether oxygens (including phenoxy) is 1. The molecule has 7 heteroatoms. The highest BCUT2D eigenvalue weighted by atomic mass is 35.5. The molecule has 0 aliphatic rings. The second-order valence-electron chi connectivity index (χ2n) is 3.19. The summed E-state index contributed by atoms with van der Waals surface area (Å²) >= 11 is 0. The summed E-state index contributed by atoms with van der Waals surface area (Å²) in [6.45, 7) is 0. The number of rotatable bonds is 3. The lowest BCUT2D eigenvalue weighted by molar-refractivity contribution is -0.141. The third-order valence-corrected chi connectivity index (χ3v) is 2.11. The molecule has 0 bridgehead atoms. The fourth-order valence-corrected chi connectivity index (χ4v) is 1.23.